The normalized spacial score (nSPS) is 12.6. The maximum Gasteiger partial charge on any atom is 0.309 e. The van der Waals surface area contributed by atoms with Crippen LogP contribution in [0.1, 0.15) is 36.1 Å². The fraction of sp³-hybridized carbons (Fsp3) is 0.562. The van der Waals surface area contributed by atoms with E-state index in [9.17, 15) is 4.79 Å². The summed E-state index contributed by atoms with van der Waals surface area (Å²) < 4.78 is 4.91. The van der Waals surface area contributed by atoms with E-state index in [1.165, 1.54) is 29.4 Å². The van der Waals surface area contributed by atoms with Gasteiger partial charge in [-0.15, -0.1) is 0 Å². The number of hydrogen-bond acceptors (Lipinski definition) is 2. The van der Waals surface area contributed by atoms with E-state index >= 15 is 0 Å². The number of ether oxygens (including phenoxy) is 1. The van der Waals surface area contributed by atoms with Gasteiger partial charge in [-0.25, -0.2) is 0 Å². The minimum absolute atomic E-state index is 0.0601. The summed E-state index contributed by atoms with van der Waals surface area (Å²) in [6, 6.07) is 4.36. The second-order valence-electron chi connectivity index (χ2n) is 5.46. The highest BCUT2D eigenvalue weighted by atomic mass is 16.5. The number of rotatable bonds is 4. The number of benzene rings is 1. The Labute approximate surface area is 110 Å². The van der Waals surface area contributed by atoms with Gasteiger partial charge in [0.05, 0.1) is 13.0 Å². The molecule has 0 spiro atoms. The average Bonchev–Trinajstić information content (AvgIpc) is 2.26. The molecule has 0 radical (unpaired) electrons. The Kier molecular flexibility index (Phi) is 4.94. The van der Waals surface area contributed by atoms with Crippen LogP contribution in [-0.2, 0) is 16.0 Å². The van der Waals surface area contributed by atoms with Gasteiger partial charge >= 0.3 is 5.97 Å². The third kappa shape index (κ3) is 3.34. The van der Waals surface area contributed by atoms with Crippen LogP contribution in [0, 0.1) is 32.6 Å². The molecule has 2 heteroatoms. The fourth-order valence-corrected chi connectivity index (χ4v) is 2.49. The van der Waals surface area contributed by atoms with E-state index in [-0.39, 0.29) is 17.8 Å². The highest BCUT2D eigenvalue weighted by Crippen LogP contribution is 2.24. The molecule has 0 amide bonds. The first-order valence-corrected chi connectivity index (χ1v) is 6.51. The van der Waals surface area contributed by atoms with Gasteiger partial charge in [0, 0.05) is 0 Å². The van der Waals surface area contributed by atoms with Gasteiger partial charge in [0.2, 0.25) is 0 Å². The molecule has 0 saturated heterocycles. The number of esters is 1. The van der Waals surface area contributed by atoms with E-state index in [1.807, 2.05) is 0 Å². The molecular formula is C16H24O2. The summed E-state index contributed by atoms with van der Waals surface area (Å²) in [5, 5.41) is 0. The van der Waals surface area contributed by atoms with Crippen LogP contribution in [0.15, 0.2) is 12.1 Å². The quantitative estimate of drug-likeness (QED) is 0.761. The van der Waals surface area contributed by atoms with Crippen molar-refractivity contribution >= 4 is 5.97 Å². The lowest BCUT2D eigenvalue weighted by molar-refractivity contribution is -0.146. The molecule has 0 saturated carbocycles. The molecule has 0 heterocycles. The number of aryl methyl sites for hydroxylation is 3. The van der Waals surface area contributed by atoms with Crippen molar-refractivity contribution in [1.29, 1.82) is 0 Å². The first-order valence-electron chi connectivity index (χ1n) is 6.51. The van der Waals surface area contributed by atoms with Crippen LogP contribution in [0.4, 0.5) is 0 Å². The van der Waals surface area contributed by atoms with Gasteiger partial charge in [-0.3, -0.25) is 4.79 Å². The lowest BCUT2D eigenvalue weighted by Gasteiger charge is -2.21. The molecule has 0 aliphatic rings. The van der Waals surface area contributed by atoms with Crippen LogP contribution in [0.3, 0.4) is 0 Å². The number of methoxy groups -OCH3 is 1. The molecule has 18 heavy (non-hydrogen) atoms. The van der Waals surface area contributed by atoms with Crippen molar-refractivity contribution in [2.45, 2.75) is 41.0 Å². The van der Waals surface area contributed by atoms with E-state index in [1.54, 1.807) is 0 Å². The summed E-state index contributed by atoms with van der Waals surface area (Å²) in [5.74, 6) is 0.122. The van der Waals surface area contributed by atoms with Gasteiger partial charge < -0.3 is 4.74 Å². The summed E-state index contributed by atoms with van der Waals surface area (Å²) in [6.07, 6.45) is 0.766. The highest BCUT2D eigenvalue weighted by molar-refractivity contribution is 5.73. The maximum atomic E-state index is 11.8. The zero-order valence-electron chi connectivity index (χ0n) is 12.3. The minimum Gasteiger partial charge on any atom is -0.469 e. The monoisotopic (exact) mass is 248 g/mol. The second kappa shape index (κ2) is 6.03. The van der Waals surface area contributed by atoms with E-state index in [4.69, 9.17) is 4.74 Å². The van der Waals surface area contributed by atoms with E-state index in [0.29, 0.717) is 0 Å². The molecule has 1 atom stereocenters. The average molecular weight is 248 g/mol. The van der Waals surface area contributed by atoms with Crippen LogP contribution in [0.25, 0.3) is 0 Å². The first kappa shape index (κ1) is 14.7. The zero-order chi connectivity index (χ0) is 13.9. The molecule has 0 aliphatic heterocycles. The van der Waals surface area contributed by atoms with Gasteiger partial charge in [0.15, 0.2) is 0 Å². The third-order valence-electron chi connectivity index (χ3n) is 3.57. The molecule has 100 valence electrons. The maximum absolute atomic E-state index is 11.8. The SMILES string of the molecule is COC(=O)C(Cc1c(C)cc(C)cc1C)C(C)C. The molecule has 0 aromatic heterocycles. The summed E-state index contributed by atoms with van der Waals surface area (Å²) in [7, 11) is 1.46. The van der Waals surface area contributed by atoms with Gasteiger partial charge in [0.25, 0.3) is 0 Å². The van der Waals surface area contributed by atoms with Crippen LogP contribution >= 0.6 is 0 Å². The Morgan fingerprint density at radius 1 is 1.17 bits per heavy atom. The van der Waals surface area contributed by atoms with Crippen molar-refractivity contribution in [3.8, 4) is 0 Å². The molecular weight excluding hydrogens is 224 g/mol. The molecule has 0 N–H and O–H groups in total. The van der Waals surface area contributed by atoms with Crippen LogP contribution < -0.4 is 0 Å². The Balaban J connectivity index is 3.05. The fourth-order valence-electron chi connectivity index (χ4n) is 2.49. The summed E-state index contributed by atoms with van der Waals surface area (Å²) in [5.41, 5.74) is 5.08. The molecule has 1 aromatic carbocycles. The van der Waals surface area contributed by atoms with E-state index < -0.39 is 0 Å². The largest absolute Gasteiger partial charge is 0.469 e. The van der Waals surface area contributed by atoms with Crippen molar-refractivity contribution in [2.24, 2.45) is 11.8 Å². The van der Waals surface area contributed by atoms with Gasteiger partial charge in [-0.05, 0) is 49.8 Å². The molecule has 0 fully saturated rings. The minimum atomic E-state index is -0.107. The van der Waals surface area contributed by atoms with Crippen LogP contribution in [-0.4, -0.2) is 13.1 Å². The summed E-state index contributed by atoms with van der Waals surface area (Å²) >= 11 is 0. The zero-order valence-corrected chi connectivity index (χ0v) is 12.3. The van der Waals surface area contributed by atoms with Gasteiger partial charge in [-0.2, -0.15) is 0 Å². The summed E-state index contributed by atoms with van der Waals surface area (Å²) in [6.45, 7) is 10.5. The topological polar surface area (TPSA) is 26.3 Å². The Hall–Kier alpha value is -1.31. The lowest BCUT2D eigenvalue weighted by Crippen LogP contribution is -2.24. The van der Waals surface area contributed by atoms with Gasteiger partial charge in [0.1, 0.15) is 0 Å². The van der Waals surface area contributed by atoms with Crippen LogP contribution in [0.2, 0.25) is 0 Å². The van der Waals surface area contributed by atoms with Crippen LogP contribution in [0.5, 0.6) is 0 Å². The molecule has 1 unspecified atom stereocenters. The number of carbonyl (C=O) groups excluding carboxylic acids is 1. The third-order valence-corrected chi connectivity index (χ3v) is 3.57. The Bertz CT molecular complexity index is 410. The molecule has 1 aromatic rings. The standard InChI is InChI=1S/C16H24O2/c1-10(2)14(16(17)18-6)9-15-12(4)7-11(3)8-13(15)5/h7-8,10,14H,9H2,1-6H3. The van der Waals surface area contributed by atoms with Crippen molar-refractivity contribution in [1.82, 2.24) is 0 Å². The smallest absolute Gasteiger partial charge is 0.309 e. The lowest BCUT2D eigenvalue weighted by atomic mass is 9.85. The predicted molar refractivity (Wildman–Crippen MR) is 74.7 cm³/mol. The van der Waals surface area contributed by atoms with Crippen molar-refractivity contribution in [3.05, 3.63) is 34.4 Å². The van der Waals surface area contributed by atoms with Gasteiger partial charge in [-0.1, -0.05) is 31.5 Å². The Morgan fingerprint density at radius 2 is 1.67 bits per heavy atom. The van der Waals surface area contributed by atoms with E-state index in [2.05, 4.69) is 46.8 Å². The van der Waals surface area contributed by atoms with Crippen molar-refractivity contribution in [2.75, 3.05) is 7.11 Å². The predicted octanol–water partition coefficient (Wildman–Crippen LogP) is 3.60. The number of hydrogen-bond donors (Lipinski definition) is 0. The summed E-state index contributed by atoms with van der Waals surface area (Å²) in [4.78, 5) is 11.8. The van der Waals surface area contributed by atoms with E-state index in [0.717, 1.165) is 6.42 Å². The highest BCUT2D eigenvalue weighted by Gasteiger charge is 2.24. The molecule has 1 rings (SSSR count). The first-order chi connectivity index (χ1) is 8.36. The Morgan fingerprint density at radius 3 is 2.06 bits per heavy atom. The number of carbonyl (C=O) groups is 1. The molecule has 0 bridgehead atoms. The molecule has 0 aliphatic carbocycles. The van der Waals surface area contributed by atoms with Crippen molar-refractivity contribution in [3.63, 3.8) is 0 Å². The second-order valence-corrected chi connectivity index (χ2v) is 5.46. The van der Waals surface area contributed by atoms with Crippen molar-refractivity contribution < 1.29 is 9.53 Å². The molecule has 2 nitrogen and oxygen atoms in total.